The average Bonchev–Trinajstić information content (AvgIpc) is 2.81. The van der Waals surface area contributed by atoms with Gasteiger partial charge >= 0.3 is 6.36 Å². The number of rotatable bonds is 6. The number of alkyl halides is 3. The summed E-state index contributed by atoms with van der Waals surface area (Å²) < 4.78 is 97.6. The maximum absolute atomic E-state index is 13.5. The zero-order valence-corrected chi connectivity index (χ0v) is 21.0. The fraction of sp³-hybridized carbons (Fsp3) is 0.250. The smallest absolute Gasteiger partial charge is 0.404 e. The minimum atomic E-state index is -5.07. The van der Waals surface area contributed by atoms with Crippen LogP contribution in [-0.2, 0) is 10.0 Å². The second-order valence-corrected chi connectivity index (χ2v) is 10.9. The van der Waals surface area contributed by atoms with Crippen molar-refractivity contribution in [2.75, 3.05) is 26.2 Å². The van der Waals surface area contributed by atoms with E-state index >= 15 is 0 Å². The highest BCUT2D eigenvalue weighted by Gasteiger charge is 2.37. The molecule has 5 nitrogen and oxygen atoms in total. The second kappa shape index (κ2) is 10.4. The predicted octanol–water partition coefficient (Wildman–Crippen LogP) is 5.72. The molecule has 36 heavy (non-hydrogen) atoms. The van der Waals surface area contributed by atoms with Crippen molar-refractivity contribution < 1.29 is 35.1 Å². The molecule has 1 saturated heterocycles. The number of ether oxygens (including phenoxy) is 1. The Balaban J connectivity index is 1.59. The van der Waals surface area contributed by atoms with E-state index in [1.807, 2.05) is 4.90 Å². The Hall–Kier alpha value is -2.54. The monoisotopic (exact) mass is 590 g/mol. The third-order valence-electron chi connectivity index (χ3n) is 5.76. The normalized spacial score (nSPS) is 15.9. The summed E-state index contributed by atoms with van der Waals surface area (Å²) in [5.41, 5.74) is 1.46. The van der Waals surface area contributed by atoms with Crippen LogP contribution in [-0.4, -0.2) is 50.2 Å². The molecule has 1 aliphatic rings. The van der Waals surface area contributed by atoms with Crippen molar-refractivity contribution in [1.29, 1.82) is 0 Å². The molecule has 0 spiro atoms. The van der Waals surface area contributed by atoms with Crippen LogP contribution in [0, 0.1) is 11.6 Å². The molecule has 0 atom stereocenters. The van der Waals surface area contributed by atoms with Crippen LogP contribution in [0.5, 0.6) is 5.75 Å². The van der Waals surface area contributed by atoms with Crippen LogP contribution in [0.15, 0.2) is 76.1 Å². The van der Waals surface area contributed by atoms with Crippen molar-refractivity contribution in [3.05, 3.63) is 94.0 Å². The van der Waals surface area contributed by atoms with Gasteiger partial charge in [0.1, 0.15) is 16.5 Å². The number of sulfonamides is 1. The number of nitrogens with zero attached hydrogens (tertiary/aromatic N) is 2. The Kier molecular flexibility index (Phi) is 7.69. The van der Waals surface area contributed by atoms with Crippen LogP contribution in [0.4, 0.5) is 22.0 Å². The minimum Gasteiger partial charge on any atom is -0.404 e. The summed E-state index contributed by atoms with van der Waals surface area (Å²) in [6.45, 7) is 0.431. The first kappa shape index (κ1) is 26.5. The molecule has 0 radical (unpaired) electrons. The van der Waals surface area contributed by atoms with Crippen molar-refractivity contribution in [3.63, 3.8) is 0 Å². The lowest BCUT2D eigenvalue weighted by Crippen LogP contribution is -2.49. The van der Waals surface area contributed by atoms with Gasteiger partial charge in [-0.2, -0.15) is 4.31 Å². The van der Waals surface area contributed by atoms with E-state index in [9.17, 15) is 30.4 Å². The van der Waals surface area contributed by atoms with E-state index in [4.69, 9.17) is 0 Å². The molecule has 1 heterocycles. The molecular weight excluding hydrogens is 571 g/mol. The third-order valence-corrected chi connectivity index (χ3v) is 8.19. The van der Waals surface area contributed by atoms with Gasteiger partial charge in [-0.1, -0.05) is 40.2 Å². The summed E-state index contributed by atoms with van der Waals surface area (Å²) in [5, 5.41) is 0. The van der Waals surface area contributed by atoms with Crippen molar-refractivity contribution >= 4 is 26.0 Å². The van der Waals surface area contributed by atoms with Gasteiger partial charge in [0.2, 0.25) is 10.0 Å². The van der Waals surface area contributed by atoms with Crippen molar-refractivity contribution in [2.45, 2.75) is 17.3 Å². The first-order chi connectivity index (χ1) is 16.9. The lowest BCUT2D eigenvalue weighted by Gasteiger charge is -2.39. The fourth-order valence-electron chi connectivity index (χ4n) is 4.14. The summed E-state index contributed by atoms with van der Waals surface area (Å²) in [7, 11) is -4.31. The van der Waals surface area contributed by atoms with Crippen LogP contribution in [0.1, 0.15) is 17.2 Å². The second-order valence-electron chi connectivity index (χ2n) is 8.08. The Morgan fingerprint density at radius 1 is 0.806 bits per heavy atom. The van der Waals surface area contributed by atoms with E-state index in [-0.39, 0.29) is 30.7 Å². The molecule has 0 aliphatic carbocycles. The van der Waals surface area contributed by atoms with E-state index in [1.54, 1.807) is 24.3 Å². The Morgan fingerprint density at radius 2 is 1.31 bits per heavy atom. The molecule has 0 saturated carbocycles. The average molecular weight is 591 g/mol. The van der Waals surface area contributed by atoms with Crippen LogP contribution in [0.3, 0.4) is 0 Å². The van der Waals surface area contributed by atoms with Gasteiger partial charge in [0.15, 0.2) is 5.75 Å². The molecule has 3 aromatic carbocycles. The van der Waals surface area contributed by atoms with Crippen molar-refractivity contribution in [2.24, 2.45) is 0 Å². The van der Waals surface area contributed by atoms with Gasteiger partial charge < -0.3 is 4.74 Å². The maximum Gasteiger partial charge on any atom is 0.573 e. The number of piperazine rings is 1. The van der Waals surface area contributed by atoms with E-state index in [0.29, 0.717) is 0 Å². The summed E-state index contributed by atoms with van der Waals surface area (Å²) in [6, 6.07) is 14.6. The number of hydrogen-bond acceptors (Lipinski definition) is 4. The van der Waals surface area contributed by atoms with E-state index in [2.05, 4.69) is 20.7 Å². The SMILES string of the molecule is O=S(=O)(c1ccc(Br)cc1OC(F)(F)F)N1CCN(C(c2ccc(F)cc2)c2ccc(F)cc2)CC1. The van der Waals surface area contributed by atoms with E-state index < -0.39 is 44.7 Å². The molecule has 4 rings (SSSR count). The van der Waals surface area contributed by atoms with Gasteiger partial charge in [0.05, 0.1) is 6.04 Å². The number of benzene rings is 3. The quantitative estimate of drug-likeness (QED) is 0.344. The zero-order valence-electron chi connectivity index (χ0n) is 18.6. The molecule has 3 aromatic rings. The maximum atomic E-state index is 13.5. The molecule has 1 fully saturated rings. The zero-order chi connectivity index (χ0) is 26.1. The predicted molar refractivity (Wildman–Crippen MR) is 126 cm³/mol. The standard InChI is InChI=1S/C24H20BrF5N2O3S/c25-18-5-10-22(21(15-18)35-24(28,29)30)36(33,34)32-13-11-31(12-14-32)23(16-1-6-19(26)7-2-16)17-3-8-20(27)9-4-17/h1-10,15,23H,11-14H2. The van der Waals surface area contributed by atoms with Crippen LogP contribution >= 0.6 is 15.9 Å². The summed E-state index contributed by atoms with van der Waals surface area (Å²) in [6.07, 6.45) is -5.07. The van der Waals surface area contributed by atoms with Gasteiger partial charge in [0.25, 0.3) is 0 Å². The molecule has 0 amide bonds. The molecule has 0 N–H and O–H groups in total. The number of halogens is 6. The Morgan fingerprint density at radius 3 is 1.78 bits per heavy atom. The van der Waals surface area contributed by atoms with Gasteiger partial charge in [-0.25, -0.2) is 17.2 Å². The van der Waals surface area contributed by atoms with Gasteiger partial charge in [0, 0.05) is 30.7 Å². The van der Waals surface area contributed by atoms with Crippen LogP contribution < -0.4 is 4.74 Å². The lowest BCUT2D eigenvalue weighted by atomic mass is 9.96. The highest BCUT2D eigenvalue weighted by atomic mass is 79.9. The van der Waals surface area contributed by atoms with Crippen molar-refractivity contribution in [3.8, 4) is 5.75 Å². The van der Waals surface area contributed by atoms with Gasteiger partial charge in [-0.3, -0.25) is 4.90 Å². The highest BCUT2D eigenvalue weighted by molar-refractivity contribution is 9.10. The Bertz CT molecular complexity index is 1270. The fourth-order valence-corrected chi connectivity index (χ4v) is 6.00. The Labute approximate surface area is 213 Å². The molecule has 192 valence electrons. The topological polar surface area (TPSA) is 49.9 Å². The summed E-state index contributed by atoms with van der Waals surface area (Å²) >= 11 is 3.03. The van der Waals surface area contributed by atoms with Gasteiger partial charge in [-0.15, -0.1) is 13.2 Å². The number of hydrogen-bond donors (Lipinski definition) is 0. The molecule has 0 bridgehead atoms. The molecule has 1 aliphatic heterocycles. The summed E-state index contributed by atoms with van der Waals surface area (Å²) in [4.78, 5) is 1.37. The van der Waals surface area contributed by atoms with Crippen molar-refractivity contribution in [1.82, 2.24) is 9.21 Å². The first-order valence-electron chi connectivity index (χ1n) is 10.7. The van der Waals surface area contributed by atoms with Gasteiger partial charge in [-0.05, 0) is 53.6 Å². The molecule has 0 aromatic heterocycles. The first-order valence-corrected chi connectivity index (χ1v) is 13.0. The summed E-state index contributed by atoms with van der Waals surface area (Å²) in [5.74, 6) is -1.66. The molecular formula is C24H20BrF5N2O3S. The van der Waals surface area contributed by atoms with Crippen LogP contribution in [0.25, 0.3) is 0 Å². The van der Waals surface area contributed by atoms with E-state index in [1.165, 1.54) is 30.3 Å². The lowest BCUT2D eigenvalue weighted by molar-refractivity contribution is -0.275. The molecule has 0 unspecified atom stereocenters. The largest absolute Gasteiger partial charge is 0.573 e. The highest BCUT2D eigenvalue weighted by Crippen LogP contribution is 2.35. The van der Waals surface area contributed by atoms with Crippen LogP contribution in [0.2, 0.25) is 0 Å². The molecule has 12 heteroatoms. The minimum absolute atomic E-state index is 0.0112. The third kappa shape index (κ3) is 6.05. The van der Waals surface area contributed by atoms with E-state index in [0.717, 1.165) is 27.6 Å².